The number of carbonyl (C=O) groups excluding carboxylic acids is 1. The monoisotopic (exact) mass is 479 g/mol. The molecule has 0 saturated carbocycles. The fourth-order valence-corrected chi connectivity index (χ4v) is 5.36. The summed E-state index contributed by atoms with van der Waals surface area (Å²) in [6.45, 7) is 1.98. The van der Waals surface area contributed by atoms with Crippen LogP contribution in [0.3, 0.4) is 0 Å². The van der Waals surface area contributed by atoms with Crippen LogP contribution in [0.5, 0.6) is 0 Å². The summed E-state index contributed by atoms with van der Waals surface area (Å²) in [5, 5.41) is 12.3. The molecule has 0 saturated heterocycles. The van der Waals surface area contributed by atoms with E-state index in [0.29, 0.717) is 28.0 Å². The van der Waals surface area contributed by atoms with Crippen LogP contribution in [0, 0.1) is 6.92 Å². The summed E-state index contributed by atoms with van der Waals surface area (Å²) in [6.07, 6.45) is 5.72. The summed E-state index contributed by atoms with van der Waals surface area (Å²) in [5.41, 5.74) is 11.9. The van der Waals surface area contributed by atoms with E-state index in [4.69, 9.17) is 5.73 Å². The van der Waals surface area contributed by atoms with Crippen LogP contribution in [0.2, 0.25) is 0 Å². The second-order valence-electron chi connectivity index (χ2n) is 8.49. The number of benzene rings is 2. The molecule has 4 heterocycles. The van der Waals surface area contributed by atoms with Crippen LogP contribution < -0.4 is 11.1 Å². The van der Waals surface area contributed by atoms with Crippen molar-refractivity contribution < 1.29 is 4.79 Å². The average molecular weight is 480 g/mol. The van der Waals surface area contributed by atoms with E-state index in [2.05, 4.69) is 49.6 Å². The maximum atomic E-state index is 13.3. The van der Waals surface area contributed by atoms with Gasteiger partial charge < -0.3 is 11.1 Å². The van der Waals surface area contributed by atoms with Gasteiger partial charge in [0, 0.05) is 41.2 Å². The lowest BCUT2D eigenvalue weighted by molar-refractivity contribution is 0.102. The van der Waals surface area contributed by atoms with Crippen LogP contribution in [0.15, 0.2) is 60.5 Å². The fraction of sp³-hybridized carbons (Fsp3) is 0.115. The van der Waals surface area contributed by atoms with Crippen molar-refractivity contribution in [3.63, 3.8) is 0 Å². The molecule has 6 rings (SSSR count). The molecule has 0 aliphatic carbocycles. The van der Waals surface area contributed by atoms with E-state index in [1.54, 1.807) is 11.6 Å². The van der Waals surface area contributed by atoms with Crippen LogP contribution in [0.1, 0.15) is 27.2 Å². The third-order valence-electron chi connectivity index (χ3n) is 6.28. The normalized spacial score (nSPS) is 11.5. The molecule has 172 valence electrons. The Bertz CT molecular complexity index is 1770. The van der Waals surface area contributed by atoms with E-state index >= 15 is 0 Å². The van der Waals surface area contributed by atoms with Gasteiger partial charge in [0.15, 0.2) is 0 Å². The van der Waals surface area contributed by atoms with E-state index < -0.39 is 0 Å². The highest BCUT2D eigenvalue weighted by atomic mass is 32.1. The molecule has 1 amide bonds. The molecule has 6 aromatic rings. The molecule has 3 N–H and O–H groups in total. The largest absolute Gasteiger partial charge is 0.382 e. The second kappa shape index (κ2) is 8.14. The maximum Gasteiger partial charge on any atom is 0.258 e. The highest BCUT2D eigenvalue weighted by molar-refractivity contribution is 7.18. The predicted octanol–water partition coefficient (Wildman–Crippen LogP) is 4.86. The third-order valence-corrected chi connectivity index (χ3v) is 7.27. The van der Waals surface area contributed by atoms with Gasteiger partial charge in [-0.3, -0.25) is 14.5 Å². The minimum Gasteiger partial charge on any atom is -0.382 e. The quantitative estimate of drug-likeness (QED) is 0.373. The highest BCUT2D eigenvalue weighted by Gasteiger charge is 2.18. The molecule has 35 heavy (non-hydrogen) atoms. The number of carbonyl (C=O) groups is 1. The Balaban J connectivity index is 1.38. The van der Waals surface area contributed by atoms with E-state index in [9.17, 15) is 4.79 Å². The lowest BCUT2D eigenvalue weighted by atomic mass is 9.99. The Kier molecular flexibility index (Phi) is 4.93. The average Bonchev–Trinajstić information content (AvgIpc) is 3.45. The lowest BCUT2D eigenvalue weighted by Gasteiger charge is -2.14. The van der Waals surface area contributed by atoms with Crippen LogP contribution in [0.4, 0.5) is 11.5 Å². The number of nitrogen functional groups attached to an aromatic ring is 1. The van der Waals surface area contributed by atoms with Crippen molar-refractivity contribution in [3.8, 4) is 0 Å². The first-order valence-electron chi connectivity index (χ1n) is 11.1. The van der Waals surface area contributed by atoms with Gasteiger partial charge in [0.25, 0.3) is 5.91 Å². The Hall–Kier alpha value is -4.37. The number of thiophene rings is 1. The molecule has 9 heteroatoms. The van der Waals surface area contributed by atoms with Gasteiger partial charge in [0.1, 0.15) is 12.1 Å². The number of hydrogen-bond donors (Lipinski definition) is 2. The molecule has 4 aromatic heterocycles. The van der Waals surface area contributed by atoms with Gasteiger partial charge in [-0.15, -0.1) is 11.3 Å². The number of rotatable bonds is 4. The molecule has 0 radical (unpaired) electrons. The summed E-state index contributed by atoms with van der Waals surface area (Å²) >= 11 is 1.37. The van der Waals surface area contributed by atoms with Crippen molar-refractivity contribution in [1.82, 2.24) is 24.7 Å². The fourth-order valence-electron chi connectivity index (χ4n) is 4.46. The molecule has 8 nitrogen and oxygen atoms in total. The summed E-state index contributed by atoms with van der Waals surface area (Å²) in [4.78, 5) is 26.2. The molecular weight excluding hydrogens is 458 g/mol. The minimum absolute atomic E-state index is 0.231. The Morgan fingerprint density at radius 2 is 2.00 bits per heavy atom. The van der Waals surface area contributed by atoms with E-state index in [0.717, 1.165) is 44.2 Å². The van der Waals surface area contributed by atoms with Crippen molar-refractivity contribution in [2.45, 2.75) is 13.3 Å². The van der Waals surface area contributed by atoms with Crippen molar-refractivity contribution in [1.29, 1.82) is 0 Å². The highest BCUT2D eigenvalue weighted by Crippen LogP contribution is 2.32. The molecule has 0 bridgehead atoms. The Morgan fingerprint density at radius 1 is 1.11 bits per heavy atom. The van der Waals surface area contributed by atoms with Gasteiger partial charge >= 0.3 is 0 Å². The molecular formula is C26H21N7OS. The number of pyridine rings is 1. The molecule has 0 atom stereocenters. The number of anilines is 2. The van der Waals surface area contributed by atoms with Crippen molar-refractivity contribution >= 4 is 60.6 Å². The van der Waals surface area contributed by atoms with Crippen molar-refractivity contribution in [3.05, 3.63) is 82.9 Å². The number of aryl methyl sites for hydroxylation is 2. The summed E-state index contributed by atoms with van der Waals surface area (Å²) in [5.74, 6) is 0.144. The number of hydrogen-bond acceptors (Lipinski definition) is 7. The first kappa shape index (κ1) is 21.2. The standard InChI is InChI=1S/C26H21N7OS/c1-14-3-5-17-18(22(14)32-26(34)19-12-35-24-23(19)29-13-30-25(24)27)7-8-28-20(17)10-15-4-6-21-16(9-15)11-31-33(21)2/h3-9,11-13H,10H2,1-2H3,(H,32,34)(H2,27,29,30). The predicted molar refractivity (Wildman–Crippen MR) is 140 cm³/mol. The zero-order chi connectivity index (χ0) is 24.1. The van der Waals surface area contributed by atoms with Crippen LogP contribution in [-0.2, 0) is 13.5 Å². The van der Waals surface area contributed by atoms with Crippen LogP contribution in [0.25, 0.3) is 31.9 Å². The van der Waals surface area contributed by atoms with Gasteiger partial charge in [-0.05, 0) is 36.2 Å². The smallest absolute Gasteiger partial charge is 0.258 e. The van der Waals surface area contributed by atoms with E-state index in [-0.39, 0.29) is 5.91 Å². The van der Waals surface area contributed by atoms with Gasteiger partial charge in [-0.1, -0.05) is 18.2 Å². The number of nitrogens with two attached hydrogens (primary N) is 1. The number of fused-ring (bicyclic) bond motifs is 3. The number of nitrogens with zero attached hydrogens (tertiary/aromatic N) is 5. The van der Waals surface area contributed by atoms with Crippen molar-refractivity contribution in [2.24, 2.45) is 7.05 Å². The van der Waals surface area contributed by atoms with Gasteiger partial charge in [0.05, 0.1) is 38.9 Å². The maximum absolute atomic E-state index is 13.3. The van der Waals surface area contributed by atoms with Gasteiger partial charge in [-0.2, -0.15) is 5.10 Å². The summed E-state index contributed by atoms with van der Waals surface area (Å²) < 4.78 is 2.58. The van der Waals surface area contributed by atoms with Crippen molar-refractivity contribution in [2.75, 3.05) is 11.1 Å². The first-order chi connectivity index (χ1) is 17.0. The molecule has 0 unspecified atom stereocenters. The Morgan fingerprint density at radius 3 is 2.89 bits per heavy atom. The van der Waals surface area contributed by atoms with Crippen LogP contribution >= 0.6 is 11.3 Å². The van der Waals surface area contributed by atoms with Crippen LogP contribution in [-0.4, -0.2) is 30.6 Å². The third kappa shape index (κ3) is 3.57. The minimum atomic E-state index is -0.231. The number of nitrogens with one attached hydrogen (secondary N) is 1. The van der Waals surface area contributed by atoms with Gasteiger partial charge in [0.2, 0.25) is 0 Å². The number of aromatic nitrogens is 5. The molecule has 0 fully saturated rings. The summed E-state index contributed by atoms with van der Waals surface area (Å²) in [6, 6.07) is 12.4. The van der Waals surface area contributed by atoms with E-state index in [1.807, 2.05) is 37.0 Å². The number of amides is 1. The molecule has 0 spiro atoms. The molecule has 2 aromatic carbocycles. The Labute approximate surface area is 204 Å². The topological polar surface area (TPSA) is 112 Å². The second-order valence-corrected chi connectivity index (χ2v) is 9.37. The lowest BCUT2D eigenvalue weighted by Crippen LogP contribution is -2.13. The first-order valence-corrected chi connectivity index (χ1v) is 11.9. The van der Waals surface area contributed by atoms with E-state index in [1.165, 1.54) is 17.7 Å². The molecule has 0 aliphatic rings. The SMILES string of the molecule is Cc1ccc2c(Cc3ccc4c(cnn4C)c3)nccc2c1NC(=O)c1csc2c(N)ncnc12. The zero-order valence-electron chi connectivity index (χ0n) is 19.1. The molecule has 0 aliphatic heterocycles. The van der Waals surface area contributed by atoms with Gasteiger partial charge in [-0.25, -0.2) is 9.97 Å². The summed E-state index contributed by atoms with van der Waals surface area (Å²) in [7, 11) is 1.94. The zero-order valence-corrected chi connectivity index (χ0v) is 19.9.